The van der Waals surface area contributed by atoms with Crippen LogP contribution < -0.4 is 25.5 Å². The smallest absolute Gasteiger partial charge is 0.329 e. The lowest BCUT2D eigenvalue weighted by Crippen LogP contribution is -2.32. The number of aryl methyl sites for hydroxylation is 1. The van der Waals surface area contributed by atoms with Crippen molar-refractivity contribution in [2.45, 2.75) is 13.8 Å². The van der Waals surface area contributed by atoms with E-state index in [0.29, 0.717) is 28.4 Å². The summed E-state index contributed by atoms with van der Waals surface area (Å²) in [5, 5.41) is 9.11. The second-order valence-corrected chi connectivity index (χ2v) is 7.54. The fourth-order valence-corrected chi connectivity index (χ4v) is 2.98. The Labute approximate surface area is 203 Å². The van der Waals surface area contributed by atoms with Crippen LogP contribution in [0.5, 0.6) is 11.5 Å². The van der Waals surface area contributed by atoms with Gasteiger partial charge in [-0.15, -0.1) is 0 Å². The minimum atomic E-state index is -0.885. The first-order valence-electron chi connectivity index (χ1n) is 10.7. The van der Waals surface area contributed by atoms with Gasteiger partial charge < -0.3 is 20.1 Å². The third-order valence-corrected chi connectivity index (χ3v) is 5.04. The van der Waals surface area contributed by atoms with Crippen molar-refractivity contribution in [3.63, 3.8) is 0 Å². The Morgan fingerprint density at radius 2 is 1.63 bits per heavy atom. The largest absolute Gasteiger partial charge is 0.497 e. The first-order valence-corrected chi connectivity index (χ1v) is 10.7. The first-order chi connectivity index (χ1) is 16.9. The van der Waals surface area contributed by atoms with Gasteiger partial charge in [0.25, 0.3) is 5.91 Å². The maximum Gasteiger partial charge on any atom is 0.329 e. The molecule has 0 fully saturated rings. The summed E-state index contributed by atoms with van der Waals surface area (Å²) in [5.74, 6) is -0.888. The van der Waals surface area contributed by atoms with Gasteiger partial charge in [0.15, 0.2) is 6.61 Å². The topological polar surface area (TPSA) is 118 Å². The number of nitrogens with zero attached hydrogens (tertiary/aromatic N) is 1. The predicted molar refractivity (Wildman–Crippen MR) is 134 cm³/mol. The Balaban J connectivity index is 1.44. The number of carbonyl (C=O) groups is 3. The van der Waals surface area contributed by atoms with Crippen LogP contribution >= 0.6 is 0 Å². The van der Waals surface area contributed by atoms with Crippen LogP contribution in [-0.4, -0.2) is 37.7 Å². The third-order valence-electron chi connectivity index (χ3n) is 5.04. The van der Waals surface area contributed by atoms with E-state index in [1.807, 2.05) is 19.9 Å². The van der Waals surface area contributed by atoms with Crippen molar-refractivity contribution < 1.29 is 23.9 Å². The van der Waals surface area contributed by atoms with Crippen LogP contribution in [0.15, 0.2) is 71.8 Å². The summed E-state index contributed by atoms with van der Waals surface area (Å²) in [6, 6.07) is 19.2. The number of anilines is 2. The summed E-state index contributed by atoms with van der Waals surface area (Å²) < 4.78 is 10.6. The molecule has 0 aromatic heterocycles. The number of hydrogen-bond acceptors (Lipinski definition) is 6. The first kappa shape index (κ1) is 25.0. The molecule has 0 radical (unpaired) electrons. The average Bonchev–Trinajstić information content (AvgIpc) is 2.86. The van der Waals surface area contributed by atoms with E-state index in [4.69, 9.17) is 9.47 Å². The average molecular weight is 475 g/mol. The molecular weight excluding hydrogens is 448 g/mol. The lowest BCUT2D eigenvalue weighted by Gasteiger charge is -2.09. The van der Waals surface area contributed by atoms with Crippen molar-refractivity contribution >= 4 is 35.3 Å². The standard InChI is InChI=1S/C26H26N4O5/c1-17-6-4-9-23(18(17)2)29-25(32)26(33)30-27-15-19-10-12-21(13-11-19)35-16-24(31)28-20-7-5-8-22(14-20)34-3/h4-15H,16H2,1-3H3,(H,28,31)(H,29,32)(H,30,33)/b27-15-. The molecule has 35 heavy (non-hydrogen) atoms. The Kier molecular flexibility index (Phi) is 8.55. The summed E-state index contributed by atoms with van der Waals surface area (Å²) in [4.78, 5) is 36.2. The van der Waals surface area contributed by atoms with Crippen LogP contribution in [0.2, 0.25) is 0 Å². The molecule has 0 aliphatic carbocycles. The second kappa shape index (κ2) is 12.0. The number of hydrazone groups is 1. The van der Waals surface area contributed by atoms with E-state index in [2.05, 4.69) is 21.2 Å². The Hall–Kier alpha value is -4.66. The lowest BCUT2D eigenvalue weighted by molar-refractivity contribution is -0.136. The molecule has 0 aliphatic rings. The molecule has 3 aromatic carbocycles. The summed E-state index contributed by atoms with van der Waals surface area (Å²) >= 11 is 0. The molecule has 0 aliphatic heterocycles. The second-order valence-electron chi connectivity index (χ2n) is 7.54. The van der Waals surface area contributed by atoms with E-state index in [1.165, 1.54) is 6.21 Å². The summed E-state index contributed by atoms with van der Waals surface area (Å²) in [6.07, 6.45) is 1.39. The van der Waals surface area contributed by atoms with E-state index in [1.54, 1.807) is 67.8 Å². The molecule has 3 amide bonds. The van der Waals surface area contributed by atoms with Crippen molar-refractivity contribution in [1.82, 2.24) is 5.43 Å². The quantitative estimate of drug-likeness (QED) is 0.263. The Morgan fingerprint density at radius 1 is 0.886 bits per heavy atom. The summed E-state index contributed by atoms with van der Waals surface area (Å²) in [7, 11) is 1.55. The third kappa shape index (κ3) is 7.43. The molecule has 0 unspecified atom stereocenters. The van der Waals surface area contributed by atoms with Crippen LogP contribution in [0, 0.1) is 13.8 Å². The molecule has 0 bridgehead atoms. The SMILES string of the molecule is COc1cccc(NC(=O)COc2ccc(/C=N\NC(=O)C(=O)Nc3cccc(C)c3C)cc2)c1. The molecule has 3 N–H and O–H groups in total. The number of amides is 3. The van der Waals surface area contributed by atoms with E-state index >= 15 is 0 Å². The van der Waals surface area contributed by atoms with E-state index < -0.39 is 11.8 Å². The number of ether oxygens (including phenoxy) is 2. The maximum atomic E-state index is 12.1. The minimum Gasteiger partial charge on any atom is -0.497 e. The van der Waals surface area contributed by atoms with Crippen molar-refractivity contribution in [2.24, 2.45) is 5.10 Å². The number of methoxy groups -OCH3 is 1. The molecule has 3 rings (SSSR count). The van der Waals surface area contributed by atoms with Crippen molar-refractivity contribution in [3.8, 4) is 11.5 Å². The summed E-state index contributed by atoms with van der Waals surface area (Å²) in [6.45, 7) is 3.61. The molecular formula is C26H26N4O5. The predicted octanol–water partition coefficient (Wildman–Crippen LogP) is 3.42. The van der Waals surface area contributed by atoms with Gasteiger partial charge in [-0.3, -0.25) is 14.4 Å². The molecule has 9 nitrogen and oxygen atoms in total. The fraction of sp³-hybridized carbons (Fsp3) is 0.154. The van der Waals surface area contributed by atoms with Crippen LogP contribution in [0.4, 0.5) is 11.4 Å². The van der Waals surface area contributed by atoms with Crippen molar-refractivity contribution in [3.05, 3.63) is 83.4 Å². The number of benzene rings is 3. The van der Waals surface area contributed by atoms with E-state index in [9.17, 15) is 14.4 Å². The van der Waals surface area contributed by atoms with Gasteiger partial charge in [0.1, 0.15) is 11.5 Å². The van der Waals surface area contributed by atoms with Gasteiger partial charge in [0, 0.05) is 17.4 Å². The van der Waals surface area contributed by atoms with Gasteiger partial charge >= 0.3 is 11.8 Å². The zero-order chi connectivity index (χ0) is 25.2. The highest BCUT2D eigenvalue weighted by molar-refractivity contribution is 6.39. The molecule has 0 heterocycles. The lowest BCUT2D eigenvalue weighted by atomic mass is 10.1. The number of nitrogens with one attached hydrogen (secondary N) is 3. The van der Waals surface area contributed by atoms with Crippen LogP contribution in [-0.2, 0) is 14.4 Å². The van der Waals surface area contributed by atoms with Gasteiger partial charge in [0.2, 0.25) is 0 Å². The minimum absolute atomic E-state index is 0.170. The highest BCUT2D eigenvalue weighted by Gasteiger charge is 2.14. The monoisotopic (exact) mass is 474 g/mol. The molecule has 180 valence electrons. The van der Waals surface area contributed by atoms with Gasteiger partial charge in [-0.1, -0.05) is 18.2 Å². The van der Waals surface area contributed by atoms with Gasteiger partial charge in [-0.2, -0.15) is 5.10 Å². The Bertz CT molecular complexity index is 1240. The number of carbonyl (C=O) groups excluding carboxylic acids is 3. The molecule has 0 saturated carbocycles. The fourth-order valence-electron chi connectivity index (χ4n) is 2.98. The zero-order valence-corrected chi connectivity index (χ0v) is 19.6. The molecule has 9 heteroatoms. The van der Waals surface area contributed by atoms with Crippen LogP contribution in [0.3, 0.4) is 0 Å². The van der Waals surface area contributed by atoms with Crippen LogP contribution in [0.25, 0.3) is 0 Å². The van der Waals surface area contributed by atoms with Crippen molar-refractivity contribution in [1.29, 1.82) is 0 Å². The highest BCUT2D eigenvalue weighted by Crippen LogP contribution is 2.18. The normalized spacial score (nSPS) is 10.5. The van der Waals surface area contributed by atoms with E-state index in [0.717, 1.165) is 11.1 Å². The Morgan fingerprint density at radius 3 is 2.37 bits per heavy atom. The van der Waals surface area contributed by atoms with Gasteiger partial charge in [-0.25, -0.2) is 5.43 Å². The maximum absolute atomic E-state index is 12.1. The number of hydrogen-bond donors (Lipinski definition) is 3. The molecule has 0 atom stereocenters. The molecule has 0 spiro atoms. The van der Waals surface area contributed by atoms with Gasteiger partial charge in [-0.05, 0) is 73.0 Å². The zero-order valence-electron chi connectivity index (χ0n) is 19.6. The van der Waals surface area contributed by atoms with Gasteiger partial charge in [0.05, 0.1) is 13.3 Å². The molecule has 3 aromatic rings. The van der Waals surface area contributed by atoms with Crippen LogP contribution in [0.1, 0.15) is 16.7 Å². The van der Waals surface area contributed by atoms with Crippen molar-refractivity contribution in [2.75, 3.05) is 24.4 Å². The summed E-state index contributed by atoms with van der Waals surface area (Å²) in [5.41, 5.74) is 5.93. The van der Waals surface area contributed by atoms with E-state index in [-0.39, 0.29) is 12.5 Å². The molecule has 0 saturated heterocycles. The number of rotatable bonds is 8. The highest BCUT2D eigenvalue weighted by atomic mass is 16.5.